The monoisotopic (exact) mass is 313 g/mol. The van der Waals surface area contributed by atoms with E-state index in [2.05, 4.69) is 36.4 Å². The van der Waals surface area contributed by atoms with Crippen LogP contribution in [0.4, 0.5) is 4.79 Å². The lowest BCUT2D eigenvalue weighted by molar-refractivity contribution is 0.0489. The van der Waals surface area contributed by atoms with Crippen molar-refractivity contribution < 1.29 is 9.53 Å². The standard InChI is InChI=1S/C17H35N3O2/c1-13(2)20(6)12-11-18-14-7-9-15(10-8-14)19-16(21)22-17(3,4)5/h13-15,18H,7-12H2,1-6H3,(H,19,21). The molecule has 0 unspecified atom stereocenters. The highest BCUT2D eigenvalue weighted by molar-refractivity contribution is 5.68. The minimum absolute atomic E-state index is 0.256. The van der Waals surface area contributed by atoms with Crippen LogP contribution >= 0.6 is 0 Å². The fraction of sp³-hybridized carbons (Fsp3) is 0.941. The van der Waals surface area contributed by atoms with E-state index >= 15 is 0 Å². The minimum Gasteiger partial charge on any atom is -0.444 e. The number of nitrogens with one attached hydrogen (secondary N) is 2. The highest BCUT2D eigenvalue weighted by Crippen LogP contribution is 2.19. The molecule has 1 fully saturated rings. The second kappa shape index (κ2) is 8.73. The summed E-state index contributed by atoms with van der Waals surface area (Å²) in [7, 11) is 2.16. The SMILES string of the molecule is CC(C)N(C)CCNC1CCC(NC(=O)OC(C)(C)C)CC1. The molecule has 0 radical (unpaired) electrons. The third kappa shape index (κ3) is 7.99. The van der Waals surface area contributed by atoms with E-state index in [-0.39, 0.29) is 12.1 Å². The minimum atomic E-state index is -0.425. The maximum Gasteiger partial charge on any atom is 0.407 e. The normalized spacial score (nSPS) is 22.9. The van der Waals surface area contributed by atoms with Gasteiger partial charge in [0, 0.05) is 31.2 Å². The van der Waals surface area contributed by atoms with E-state index in [4.69, 9.17) is 4.74 Å². The molecule has 1 rings (SSSR count). The molecule has 0 heterocycles. The summed E-state index contributed by atoms with van der Waals surface area (Å²) in [6.07, 6.45) is 3.99. The molecule has 0 atom stereocenters. The highest BCUT2D eigenvalue weighted by atomic mass is 16.6. The lowest BCUT2D eigenvalue weighted by Gasteiger charge is -2.31. The van der Waals surface area contributed by atoms with Gasteiger partial charge in [0.1, 0.15) is 5.60 Å². The number of nitrogens with zero attached hydrogens (tertiary/aromatic N) is 1. The average molecular weight is 313 g/mol. The zero-order valence-electron chi connectivity index (χ0n) is 15.2. The quantitative estimate of drug-likeness (QED) is 0.792. The first-order valence-electron chi connectivity index (χ1n) is 8.60. The smallest absolute Gasteiger partial charge is 0.407 e. The number of carbonyl (C=O) groups is 1. The van der Waals surface area contributed by atoms with Gasteiger partial charge in [-0.15, -0.1) is 0 Å². The van der Waals surface area contributed by atoms with Crippen LogP contribution in [0.3, 0.4) is 0 Å². The molecule has 1 saturated carbocycles. The molecule has 5 nitrogen and oxygen atoms in total. The predicted octanol–water partition coefficient (Wildman–Crippen LogP) is 2.75. The van der Waals surface area contributed by atoms with Crippen molar-refractivity contribution in [2.24, 2.45) is 0 Å². The van der Waals surface area contributed by atoms with Gasteiger partial charge in [0.2, 0.25) is 0 Å². The maximum absolute atomic E-state index is 11.8. The van der Waals surface area contributed by atoms with Crippen molar-refractivity contribution in [2.45, 2.75) is 84.0 Å². The van der Waals surface area contributed by atoms with Gasteiger partial charge in [0.15, 0.2) is 0 Å². The van der Waals surface area contributed by atoms with Crippen molar-refractivity contribution in [1.82, 2.24) is 15.5 Å². The molecule has 22 heavy (non-hydrogen) atoms. The Morgan fingerprint density at radius 3 is 2.23 bits per heavy atom. The topological polar surface area (TPSA) is 53.6 Å². The summed E-state index contributed by atoms with van der Waals surface area (Å²) in [6, 6.07) is 1.43. The Bertz CT molecular complexity index is 331. The molecule has 5 heteroatoms. The summed E-state index contributed by atoms with van der Waals surface area (Å²) in [5.74, 6) is 0. The number of amides is 1. The fourth-order valence-electron chi connectivity index (χ4n) is 2.62. The summed E-state index contributed by atoms with van der Waals surface area (Å²) in [5.41, 5.74) is -0.425. The van der Waals surface area contributed by atoms with Crippen molar-refractivity contribution in [2.75, 3.05) is 20.1 Å². The molecule has 1 aliphatic rings. The van der Waals surface area contributed by atoms with Crippen molar-refractivity contribution in [3.63, 3.8) is 0 Å². The Morgan fingerprint density at radius 1 is 1.18 bits per heavy atom. The van der Waals surface area contributed by atoms with E-state index < -0.39 is 5.60 Å². The number of rotatable bonds is 6. The molecule has 0 aromatic rings. The first-order valence-corrected chi connectivity index (χ1v) is 8.60. The van der Waals surface area contributed by atoms with Crippen molar-refractivity contribution >= 4 is 6.09 Å². The van der Waals surface area contributed by atoms with Gasteiger partial charge in [-0.05, 0) is 67.3 Å². The number of hydrogen-bond acceptors (Lipinski definition) is 4. The average Bonchev–Trinajstić information content (AvgIpc) is 2.38. The number of likely N-dealkylation sites (N-methyl/N-ethyl adjacent to an activating group) is 1. The van der Waals surface area contributed by atoms with Crippen LogP contribution < -0.4 is 10.6 Å². The summed E-state index contributed by atoms with van der Waals surface area (Å²) in [4.78, 5) is 14.1. The van der Waals surface area contributed by atoms with E-state index in [1.807, 2.05) is 20.8 Å². The van der Waals surface area contributed by atoms with Gasteiger partial charge < -0.3 is 20.3 Å². The third-order valence-corrected chi connectivity index (χ3v) is 4.23. The Balaban J connectivity index is 2.17. The van der Waals surface area contributed by atoms with Crippen LogP contribution in [0.15, 0.2) is 0 Å². The van der Waals surface area contributed by atoms with Crippen LogP contribution in [0, 0.1) is 0 Å². The summed E-state index contributed by atoms with van der Waals surface area (Å²) in [6.45, 7) is 12.2. The van der Waals surface area contributed by atoms with Gasteiger partial charge in [0.05, 0.1) is 0 Å². The number of carbonyl (C=O) groups excluding carboxylic acids is 1. The summed E-state index contributed by atoms with van der Waals surface area (Å²) >= 11 is 0. The van der Waals surface area contributed by atoms with Gasteiger partial charge in [0.25, 0.3) is 0 Å². The predicted molar refractivity (Wildman–Crippen MR) is 91.2 cm³/mol. The molecule has 0 spiro atoms. The van der Waals surface area contributed by atoms with Crippen LogP contribution in [0.5, 0.6) is 0 Å². The van der Waals surface area contributed by atoms with E-state index in [1.165, 1.54) is 0 Å². The fourth-order valence-corrected chi connectivity index (χ4v) is 2.62. The van der Waals surface area contributed by atoms with E-state index in [1.54, 1.807) is 0 Å². The first kappa shape index (κ1) is 19.2. The molecule has 130 valence electrons. The van der Waals surface area contributed by atoms with E-state index in [0.717, 1.165) is 38.8 Å². The lowest BCUT2D eigenvalue weighted by Crippen LogP contribution is -2.45. The van der Waals surface area contributed by atoms with E-state index in [0.29, 0.717) is 12.1 Å². The van der Waals surface area contributed by atoms with Gasteiger partial charge in [-0.3, -0.25) is 0 Å². The van der Waals surface area contributed by atoms with E-state index in [9.17, 15) is 4.79 Å². The zero-order valence-corrected chi connectivity index (χ0v) is 15.2. The number of ether oxygens (including phenoxy) is 1. The molecule has 0 aromatic carbocycles. The van der Waals surface area contributed by atoms with Crippen LogP contribution in [-0.4, -0.2) is 54.9 Å². The largest absolute Gasteiger partial charge is 0.444 e. The molecule has 0 aromatic heterocycles. The molecule has 0 aliphatic heterocycles. The zero-order chi connectivity index (χ0) is 16.8. The molecule has 0 saturated heterocycles. The molecular weight excluding hydrogens is 278 g/mol. The Morgan fingerprint density at radius 2 is 1.73 bits per heavy atom. The van der Waals surface area contributed by atoms with Crippen molar-refractivity contribution in [1.29, 1.82) is 0 Å². The Kier molecular flexibility index (Phi) is 7.63. The second-order valence-electron chi connectivity index (χ2n) is 7.72. The Labute approximate surface area is 136 Å². The highest BCUT2D eigenvalue weighted by Gasteiger charge is 2.24. The van der Waals surface area contributed by atoms with Crippen molar-refractivity contribution in [3.05, 3.63) is 0 Å². The maximum atomic E-state index is 11.8. The van der Waals surface area contributed by atoms with Crippen molar-refractivity contribution in [3.8, 4) is 0 Å². The molecule has 1 amide bonds. The van der Waals surface area contributed by atoms with Gasteiger partial charge in [-0.25, -0.2) is 4.79 Å². The summed E-state index contributed by atoms with van der Waals surface area (Å²) < 4.78 is 5.31. The van der Waals surface area contributed by atoms with Gasteiger partial charge in [-0.2, -0.15) is 0 Å². The molecular formula is C17H35N3O2. The summed E-state index contributed by atoms with van der Waals surface area (Å²) in [5, 5.41) is 6.62. The molecule has 1 aliphatic carbocycles. The van der Waals surface area contributed by atoms with Crippen LogP contribution in [0.2, 0.25) is 0 Å². The lowest BCUT2D eigenvalue weighted by atomic mass is 9.91. The number of alkyl carbamates (subject to hydrolysis) is 1. The van der Waals surface area contributed by atoms with Crippen LogP contribution in [0.1, 0.15) is 60.3 Å². The molecule has 0 bridgehead atoms. The van der Waals surface area contributed by atoms with Gasteiger partial charge in [-0.1, -0.05) is 0 Å². The number of hydrogen-bond donors (Lipinski definition) is 2. The second-order valence-corrected chi connectivity index (χ2v) is 7.72. The van der Waals surface area contributed by atoms with Gasteiger partial charge >= 0.3 is 6.09 Å². The molecule has 2 N–H and O–H groups in total. The first-order chi connectivity index (χ1) is 10.2. The third-order valence-electron chi connectivity index (χ3n) is 4.23. The van der Waals surface area contributed by atoms with Crippen LogP contribution in [0.25, 0.3) is 0 Å². The Hall–Kier alpha value is -0.810. The van der Waals surface area contributed by atoms with Crippen LogP contribution in [-0.2, 0) is 4.74 Å².